The van der Waals surface area contributed by atoms with Crippen LogP contribution in [0, 0.1) is 11.3 Å². The lowest BCUT2D eigenvalue weighted by Crippen LogP contribution is -2.59. The van der Waals surface area contributed by atoms with E-state index in [0.29, 0.717) is 22.2 Å². The van der Waals surface area contributed by atoms with Gasteiger partial charge >= 0.3 is 6.18 Å². The van der Waals surface area contributed by atoms with E-state index < -0.39 is 39.9 Å². The summed E-state index contributed by atoms with van der Waals surface area (Å²) < 4.78 is 40.5. The Balaban J connectivity index is 1.86. The summed E-state index contributed by atoms with van der Waals surface area (Å²) in [6, 6.07) is 15.6. The lowest BCUT2D eigenvalue weighted by atomic mass is 9.75. The predicted molar refractivity (Wildman–Crippen MR) is 139 cm³/mol. The molecule has 38 heavy (non-hydrogen) atoms. The van der Waals surface area contributed by atoms with Gasteiger partial charge in [0, 0.05) is 37.2 Å². The summed E-state index contributed by atoms with van der Waals surface area (Å²) in [7, 11) is 1.38. The molecule has 2 atom stereocenters. The van der Waals surface area contributed by atoms with E-state index in [1.165, 1.54) is 42.3 Å². The fraction of sp³-hybridized carbons (Fsp3) is 0.222. The van der Waals surface area contributed by atoms with Gasteiger partial charge in [0.1, 0.15) is 5.54 Å². The first-order valence-electron chi connectivity index (χ1n) is 11.3. The number of ketones is 1. The third kappa shape index (κ3) is 4.99. The van der Waals surface area contributed by atoms with E-state index in [0.717, 1.165) is 6.07 Å². The number of nitrogens with one attached hydrogen (secondary N) is 1. The summed E-state index contributed by atoms with van der Waals surface area (Å²) in [5.41, 5.74) is -1.82. The molecule has 1 saturated heterocycles. The van der Waals surface area contributed by atoms with Crippen molar-refractivity contribution in [2.75, 3.05) is 20.1 Å². The number of halogens is 6. The number of Topliss-reactive ketones (excluding diaryl/α,β-unsaturated/α-hetero) is 1. The van der Waals surface area contributed by atoms with Gasteiger partial charge in [-0.1, -0.05) is 53.0 Å². The molecule has 5 nitrogen and oxygen atoms in total. The normalized spacial score (nSPS) is 19.2. The van der Waals surface area contributed by atoms with E-state index in [4.69, 9.17) is 40.1 Å². The van der Waals surface area contributed by atoms with Gasteiger partial charge in [-0.2, -0.15) is 18.4 Å². The Morgan fingerprint density at radius 2 is 1.61 bits per heavy atom. The number of likely N-dealkylation sites (N-methyl/N-ethyl adjacent to an activating group) is 1. The molecular weight excluding hydrogens is 562 g/mol. The third-order valence-electron chi connectivity index (χ3n) is 6.76. The van der Waals surface area contributed by atoms with Crippen molar-refractivity contribution in [2.24, 2.45) is 0 Å². The Hall–Kier alpha value is -3.09. The maximum atomic E-state index is 14.2. The number of benzene rings is 3. The minimum absolute atomic E-state index is 0.0126. The maximum Gasteiger partial charge on any atom is 0.417 e. The third-order valence-corrected chi connectivity index (χ3v) is 7.83. The molecule has 0 spiro atoms. The first-order chi connectivity index (χ1) is 17.9. The predicted octanol–water partition coefficient (Wildman–Crippen LogP) is 6.62. The van der Waals surface area contributed by atoms with Crippen LogP contribution in [0.2, 0.25) is 15.1 Å². The Labute approximate surface area is 231 Å². The van der Waals surface area contributed by atoms with Gasteiger partial charge in [0.15, 0.2) is 5.78 Å². The minimum Gasteiger partial charge on any atom is -0.327 e. The number of nitrogens with zero attached hydrogens (tertiary/aromatic N) is 2. The van der Waals surface area contributed by atoms with Crippen LogP contribution in [0.1, 0.15) is 43.3 Å². The molecule has 3 aromatic carbocycles. The first-order valence-corrected chi connectivity index (χ1v) is 12.4. The molecule has 0 unspecified atom stereocenters. The zero-order valence-electron chi connectivity index (χ0n) is 19.7. The van der Waals surface area contributed by atoms with E-state index in [9.17, 15) is 22.8 Å². The van der Waals surface area contributed by atoms with Crippen LogP contribution >= 0.6 is 34.8 Å². The Bertz CT molecular complexity index is 1450. The van der Waals surface area contributed by atoms with Gasteiger partial charge < -0.3 is 10.2 Å². The van der Waals surface area contributed by atoms with Crippen LogP contribution in [0.3, 0.4) is 0 Å². The van der Waals surface area contributed by atoms with Crippen LogP contribution in [0.15, 0.2) is 60.7 Å². The van der Waals surface area contributed by atoms with Crippen molar-refractivity contribution in [3.8, 4) is 6.07 Å². The van der Waals surface area contributed by atoms with Crippen molar-refractivity contribution in [2.45, 2.75) is 17.6 Å². The number of carbonyl (C=O) groups is 2. The van der Waals surface area contributed by atoms with Crippen LogP contribution in [-0.4, -0.2) is 42.3 Å². The van der Waals surface area contributed by atoms with E-state index in [-0.39, 0.29) is 29.2 Å². The number of hydrogen-bond acceptors (Lipinski definition) is 4. The summed E-state index contributed by atoms with van der Waals surface area (Å²) in [5.74, 6) is -1.89. The highest BCUT2D eigenvalue weighted by molar-refractivity contribution is 6.42. The molecule has 196 valence electrons. The van der Waals surface area contributed by atoms with E-state index in [1.807, 2.05) is 6.07 Å². The van der Waals surface area contributed by atoms with Crippen LogP contribution in [0.5, 0.6) is 0 Å². The average molecular weight is 581 g/mol. The molecule has 1 fully saturated rings. The van der Waals surface area contributed by atoms with Crippen molar-refractivity contribution in [1.29, 1.82) is 5.26 Å². The summed E-state index contributed by atoms with van der Waals surface area (Å²) in [6.45, 7) is 0.282. The van der Waals surface area contributed by atoms with Gasteiger partial charge in [0.05, 0.1) is 32.3 Å². The van der Waals surface area contributed by atoms with Crippen molar-refractivity contribution in [1.82, 2.24) is 10.2 Å². The highest BCUT2D eigenvalue weighted by atomic mass is 35.5. The largest absolute Gasteiger partial charge is 0.417 e. The quantitative estimate of drug-likeness (QED) is 0.345. The molecule has 3 aromatic rings. The molecule has 4 rings (SSSR count). The van der Waals surface area contributed by atoms with Crippen LogP contribution in [-0.2, 0) is 6.18 Å². The number of alkyl halides is 3. The van der Waals surface area contributed by atoms with Gasteiger partial charge in [0.2, 0.25) is 0 Å². The molecule has 0 aromatic heterocycles. The molecular formula is C27H19Cl3F3N3O2. The highest BCUT2D eigenvalue weighted by Crippen LogP contribution is 2.42. The molecule has 0 bridgehead atoms. The average Bonchev–Trinajstić information content (AvgIpc) is 3.34. The fourth-order valence-electron chi connectivity index (χ4n) is 4.76. The fourth-order valence-corrected chi connectivity index (χ4v) is 5.29. The maximum absolute atomic E-state index is 14.2. The smallest absolute Gasteiger partial charge is 0.327 e. The minimum atomic E-state index is -4.78. The molecule has 1 aliphatic heterocycles. The van der Waals surface area contributed by atoms with Crippen LogP contribution in [0.4, 0.5) is 13.2 Å². The second kappa shape index (κ2) is 10.6. The van der Waals surface area contributed by atoms with Gasteiger partial charge in [-0.25, -0.2) is 0 Å². The topological polar surface area (TPSA) is 73.2 Å². The van der Waals surface area contributed by atoms with Crippen LogP contribution in [0.25, 0.3) is 0 Å². The van der Waals surface area contributed by atoms with Gasteiger partial charge in [-0.05, 0) is 48.0 Å². The standard InChI is InChI=1S/C27H19Cl3F3N3O2/c1-36(25(38)18-7-8-21(28)19(10-18)27(31,32)33)26(24(37)16-4-2-15(12-34)3-5-16)14-35-13-20(26)17-6-9-22(29)23(30)11-17/h2-11,20,35H,13-14H2,1H3/t20-,26+/m0/s1. The van der Waals surface area contributed by atoms with Crippen LogP contribution < -0.4 is 5.32 Å². The number of hydrogen-bond donors (Lipinski definition) is 1. The van der Waals surface area contributed by atoms with E-state index in [1.54, 1.807) is 18.2 Å². The molecule has 0 aliphatic carbocycles. The molecule has 11 heteroatoms. The van der Waals surface area contributed by atoms with Gasteiger partial charge in [-0.3, -0.25) is 9.59 Å². The van der Waals surface area contributed by atoms with Gasteiger partial charge in [0.25, 0.3) is 5.91 Å². The lowest BCUT2D eigenvalue weighted by Gasteiger charge is -2.42. The summed E-state index contributed by atoms with van der Waals surface area (Å²) in [6.07, 6.45) is -4.78. The highest BCUT2D eigenvalue weighted by Gasteiger charge is 2.54. The van der Waals surface area contributed by atoms with E-state index in [2.05, 4.69) is 5.32 Å². The second-order valence-electron chi connectivity index (χ2n) is 8.86. The number of carbonyl (C=O) groups excluding carboxylic acids is 2. The van der Waals surface area contributed by atoms with E-state index >= 15 is 0 Å². The number of nitriles is 1. The summed E-state index contributed by atoms with van der Waals surface area (Å²) in [5, 5.41) is 12.3. The Morgan fingerprint density at radius 3 is 2.21 bits per heavy atom. The monoisotopic (exact) mass is 579 g/mol. The Morgan fingerprint density at radius 1 is 0.974 bits per heavy atom. The lowest BCUT2D eigenvalue weighted by molar-refractivity contribution is -0.137. The molecule has 0 radical (unpaired) electrons. The van der Waals surface area contributed by atoms with Gasteiger partial charge in [-0.15, -0.1) is 0 Å². The molecule has 1 amide bonds. The summed E-state index contributed by atoms with van der Waals surface area (Å²) >= 11 is 18.1. The van der Waals surface area contributed by atoms with Crippen molar-refractivity contribution in [3.63, 3.8) is 0 Å². The number of amides is 1. The molecule has 0 saturated carbocycles. The SMILES string of the molecule is CN(C(=O)c1ccc(Cl)c(C(F)(F)F)c1)[C@]1(C(=O)c2ccc(C#N)cc2)CNC[C@H]1c1ccc(Cl)c(Cl)c1. The zero-order chi connectivity index (χ0) is 27.8. The summed E-state index contributed by atoms with van der Waals surface area (Å²) in [4.78, 5) is 29.1. The second-order valence-corrected chi connectivity index (χ2v) is 10.1. The molecule has 1 N–H and O–H groups in total. The zero-order valence-corrected chi connectivity index (χ0v) is 22.0. The van der Waals surface area contributed by atoms with Crippen molar-refractivity contribution in [3.05, 3.63) is 104 Å². The molecule has 1 aliphatic rings. The van der Waals surface area contributed by atoms with Crippen molar-refractivity contribution < 1.29 is 22.8 Å². The molecule has 1 heterocycles. The Kier molecular flexibility index (Phi) is 7.78. The van der Waals surface area contributed by atoms with Crippen molar-refractivity contribution >= 4 is 46.5 Å². The first kappa shape index (κ1) is 27.9. The number of rotatable bonds is 5.